The summed E-state index contributed by atoms with van der Waals surface area (Å²) in [7, 11) is 0. The molecule has 0 unspecified atom stereocenters. The van der Waals surface area contributed by atoms with E-state index in [-0.39, 0.29) is 11.6 Å². The molecule has 0 aliphatic carbocycles. The summed E-state index contributed by atoms with van der Waals surface area (Å²) >= 11 is 0. The Hall–Kier alpha value is -2.35. The molecule has 1 aromatic carbocycles. The van der Waals surface area contributed by atoms with Crippen LogP contribution in [-0.4, -0.2) is 15.9 Å². The summed E-state index contributed by atoms with van der Waals surface area (Å²) in [6, 6.07) is 8.73. The number of fused-ring (bicyclic) bond motifs is 1. The third kappa shape index (κ3) is 1.19. The van der Waals surface area contributed by atoms with E-state index in [9.17, 15) is 0 Å². The first-order valence-corrected chi connectivity index (χ1v) is 3.83. The molecule has 2 aromatic rings. The van der Waals surface area contributed by atoms with E-state index in [0.29, 0.717) is 11.1 Å². The van der Waals surface area contributed by atoms with E-state index in [1.54, 1.807) is 30.3 Å². The molecular formula is C9H5N3O2. The number of nitrogens with zero attached hydrogens (tertiary/aromatic N) is 3. The van der Waals surface area contributed by atoms with Crippen molar-refractivity contribution in [1.29, 1.82) is 5.26 Å². The summed E-state index contributed by atoms with van der Waals surface area (Å²) in [6.07, 6.45) is 0. The van der Waals surface area contributed by atoms with E-state index >= 15 is 0 Å². The average Bonchev–Trinajstić information content (AvgIpc) is 2.63. The lowest BCUT2D eigenvalue weighted by Gasteiger charge is -1.83. The summed E-state index contributed by atoms with van der Waals surface area (Å²) in [5.41, 5.74) is 0.944. The molecule has 0 radical (unpaired) electrons. The smallest absolute Gasteiger partial charge is 0.260 e. The van der Waals surface area contributed by atoms with Crippen molar-refractivity contribution in [3.05, 3.63) is 30.2 Å². The number of para-hydroxylation sites is 2. The molecule has 0 spiro atoms. The van der Waals surface area contributed by atoms with Crippen molar-refractivity contribution in [2.24, 2.45) is 5.16 Å². The van der Waals surface area contributed by atoms with Gasteiger partial charge in [-0.15, -0.1) is 0 Å². The van der Waals surface area contributed by atoms with E-state index in [4.69, 9.17) is 14.9 Å². The first-order valence-electron chi connectivity index (χ1n) is 3.83. The zero-order chi connectivity index (χ0) is 9.97. The number of oxime groups is 1. The predicted molar refractivity (Wildman–Crippen MR) is 47.9 cm³/mol. The SMILES string of the molecule is N#CC(=NO)c1nc2ccccc2o1. The van der Waals surface area contributed by atoms with Gasteiger partial charge in [0, 0.05) is 0 Å². The molecule has 0 saturated heterocycles. The molecule has 68 valence electrons. The van der Waals surface area contributed by atoms with Gasteiger partial charge in [-0.3, -0.25) is 0 Å². The number of benzene rings is 1. The number of hydrogen-bond donors (Lipinski definition) is 1. The fourth-order valence-corrected chi connectivity index (χ4v) is 1.09. The second-order valence-corrected chi connectivity index (χ2v) is 2.55. The highest BCUT2D eigenvalue weighted by Gasteiger charge is 2.11. The summed E-state index contributed by atoms with van der Waals surface area (Å²) < 4.78 is 5.19. The second kappa shape index (κ2) is 3.18. The van der Waals surface area contributed by atoms with Crippen LogP contribution in [0.3, 0.4) is 0 Å². The molecule has 1 heterocycles. The highest BCUT2D eigenvalue weighted by Crippen LogP contribution is 2.14. The Morgan fingerprint density at radius 2 is 2.29 bits per heavy atom. The topological polar surface area (TPSA) is 82.4 Å². The van der Waals surface area contributed by atoms with Gasteiger partial charge in [0.25, 0.3) is 5.89 Å². The normalized spacial score (nSPS) is 11.5. The largest absolute Gasteiger partial charge is 0.434 e. The summed E-state index contributed by atoms with van der Waals surface area (Å²) in [4.78, 5) is 3.97. The Labute approximate surface area is 78.9 Å². The van der Waals surface area contributed by atoms with E-state index in [1.165, 1.54) is 0 Å². The zero-order valence-electron chi connectivity index (χ0n) is 7.01. The number of aromatic nitrogens is 1. The molecule has 1 aromatic heterocycles. The van der Waals surface area contributed by atoms with Crippen molar-refractivity contribution in [2.75, 3.05) is 0 Å². The highest BCUT2D eigenvalue weighted by molar-refractivity contribution is 6.09. The van der Waals surface area contributed by atoms with Crippen LogP contribution in [0.5, 0.6) is 0 Å². The Kier molecular flexibility index (Phi) is 1.88. The van der Waals surface area contributed by atoms with Gasteiger partial charge in [0.15, 0.2) is 5.58 Å². The summed E-state index contributed by atoms with van der Waals surface area (Å²) in [6.45, 7) is 0. The fourth-order valence-electron chi connectivity index (χ4n) is 1.09. The lowest BCUT2D eigenvalue weighted by atomic mass is 10.3. The molecule has 5 nitrogen and oxygen atoms in total. The molecule has 14 heavy (non-hydrogen) atoms. The van der Waals surface area contributed by atoms with Crippen molar-refractivity contribution in [3.63, 3.8) is 0 Å². The van der Waals surface area contributed by atoms with Crippen LogP contribution in [0.25, 0.3) is 11.1 Å². The zero-order valence-corrected chi connectivity index (χ0v) is 7.01. The Bertz CT molecular complexity index is 503. The molecule has 0 aliphatic rings. The van der Waals surface area contributed by atoms with Gasteiger partial charge in [0.05, 0.1) is 0 Å². The number of hydrogen-bond acceptors (Lipinski definition) is 5. The molecule has 0 fully saturated rings. The van der Waals surface area contributed by atoms with Crippen LogP contribution in [0.2, 0.25) is 0 Å². The maximum absolute atomic E-state index is 8.56. The minimum Gasteiger partial charge on any atom is -0.434 e. The van der Waals surface area contributed by atoms with Crippen LogP contribution in [-0.2, 0) is 0 Å². The molecule has 5 heteroatoms. The number of oxazole rings is 1. The minimum atomic E-state index is -0.235. The van der Waals surface area contributed by atoms with Crippen molar-refractivity contribution in [2.45, 2.75) is 0 Å². The van der Waals surface area contributed by atoms with E-state index in [0.717, 1.165) is 0 Å². The van der Waals surface area contributed by atoms with Gasteiger partial charge < -0.3 is 9.62 Å². The van der Waals surface area contributed by atoms with Crippen LogP contribution in [0.4, 0.5) is 0 Å². The molecule has 1 N–H and O–H groups in total. The predicted octanol–water partition coefficient (Wildman–Crippen LogP) is 1.53. The van der Waals surface area contributed by atoms with Gasteiger partial charge in [-0.05, 0) is 12.1 Å². The fraction of sp³-hybridized carbons (Fsp3) is 0. The third-order valence-electron chi connectivity index (χ3n) is 1.70. The van der Waals surface area contributed by atoms with E-state index in [2.05, 4.69) is 10.1 Å². The maximum Gasteiger partial charge on any atom is 0.260 e. The van der Waals surface area contributed by atoms with Gasteiger partial charge >= 0.3 is 0 Å². The van der Waals surface area contributed by atoms with Crippen molar-refractivity contribution < 1.29 is 9.62 Å². The first kappa shape index (κ1) is 8.26. The molecular weight excluding hydrogens is 182 g/mol. The Morgan fingerprint density at radius 1 is 1.50 bits per heavy atom. The second-order valence-electron chi connectivity index (χ2n) is 2.55. The first-order chi connectivity index (χ1) is 6.85. The van der Waals surface area contributed by atoms with Gasteiger partial charge in [0.1, 0.15) is 11.6 Å². The third-order valence-corrected chi connectivity index (χ3v) is 1.70. The number of rotatable bonds is 1. The van der Waals surface area contributed by atoms with Crippen LogP contribution < -0.4 is 0 Å². The van der Waals surface area contributed by atoms with Gasteiger partial charge in [-0.2, -0.15) is 5.26 Å². The molecule has 2 rings (SSSR count). The average molecular weight is 187 g/mol. The van der Waals surface area contributed by atoms with Gasteiger partial charge in [-0.25, -0.2) is 4.98 Å². The molecule has 0 saturated carbocycles. The van der Waals surface area contributed by atoms with Gasteiger partial charge in [0.2, 0.25) is 5.71 Å². The standard InChI is InChI=1S/C9H5N3O2/c10-5-7(12-13)9-11-6-3-1-2-4-8(6)14-9/h1-4,13H. The Balaban J connectivity index is 2.62. The van der Waals surface area contributed by atoms with Crippen LogP contribution in [0, 0.1) is 11.3 Å². The lowest BCUT2D eigenvalue weighted by Crippen LogP contribution is -1.96. The van der Waals surface area contributed by atoms with Crippen molar-refractivity contribution in [1.82, 2.24) is 4.98 Å². The van der Waals surface area contributed by atoms with E-state index in [1.807, 2.05) is 0 Å². The number of nitriles is 1. The van der Waals surface area contributed by atoms with E-state index < -0.39 is 0 Å². The molecule has 0 atom stereocenters. The minimum absolute atomic E-state index is 0.0243. The Morgan fingerprint density at radius 3 is 2.93 bits per heavy atom. The molecule has 0 bridgehead atoms. The van der Waals surface area contributed by atoms with Crippen molar-refractivity contribution in [3.8, 4) is 6.07 Å². The maximum atomic E-state index is 8.56. The monoisotopic (exact) mass is 187 g/mol. The van der Waals surface area contributed by atoms with Crippen LogP contribution in [0.15, 0.2) is 33.8 Å². The molecule has 0 amide bonds. The molecule has 0 aliphatic heterocycles. The van der Waals surface area contributed by atoms with Gasteiger partial charge in [-0.1, -0.05) is 17.3 Å². The van der Waals surface area contributed by atoms with Crippen LogP contribution >= 0.6 is 0 Å². The lowest BCUT2D eigenvalue weighted by molar-refractivity contribution is 0.318. The summed E-state index contributed by atoms with van der Waals surface area (Å²) in [5.74, 6) is 0.0243. The van der Waals surface area contributed by atoms with Crippen molar-refractivity contribution >= 4 is 16.8 Å². The highest BCUT2D eigenvalue weighted by atomic mass is 16.4. The summed E-state index contributed by atoms with van der Waals surface area (Å²) in [5, 5.41) is 19.8. The van der Waals surface area contributed by atoms with Crippen LogP contribution in [0.1, 0.15) is 5.89 Å². The quantitative estimate of drug-likeness (QED) is 0.417.